The predicted molar refractivity (Wildman–Crippen MR) is 92.8 cm³/mol. The van der Waals surface area contributed by atoms with E-state index in [1.165, 1.54) is 4.31 Å². The summed E-state index contributed by atoms with van der Waals surface area (Å²) in [5, 5.41) is 0. The minimum Gasteiger partial charge on any atom is -0.342 e. The average Bonchev–Trinajstić information content (AvgIpc) is 2.64. The molecule has 26 heavy (non-hydrogen) atoms. The highest BCUT2D eigenvalue weighted by atomic mass is 32.2. The number of hydrogen-bond donors (Lipinski definition) is 0. The monoisotopic (exact) mass is 386 g/mol. The van der Waals surface area contributed by atoms with E-state index in [0.29, 0.717) is 24.8 Å². The van der Waals surface area contributed by atoms with Crippen molar-refractivity contribution in [2.75, 3.05) is 26.2 Å². The Bertz CT molecular complexity index is 769. The van der Waals surface area contributed by atoms with Crippen LogP contribution in [0.25, 0.3) is 0 Å². The molecule has 5 nitrogen and oxygen atoms in total. The molecule has 8 heteroatoms. The van der Waals surface area contributed by atoms with Crippen molar-refractivity contribution in [1.82, 2.24) is 9.21 Å². The van der Waals surface area contributed by atoms with E-state index in [0.717, 1.165) is 38.1 Å². The maximum absolute atomic E-state index is 13.4. The van der Waals surface area contributed by atoms with Crippen LogP contribution in [0.2, 0.25) is 0 Å². The van der Waals surface area contributed by atoms with E-state index >= 15 is 0 Å². The highest BCUT2D eigenvalue weighted by Gasteiger charge is 2.34. The smallest absolute Gasteiger partial charge is 0.243 e. The van der Waals surface area contributed by atoms with Crippen molar-refractivity contribution in [1.29, 1.82) is 0 Å². The van der Waals surface area contributed by atoms with E-state index in [1.807, 2.05) is 4.90 Å². The molecule has 1 amide bonds. The van der Waals surface area contributed by atoms with Gasteiger partial charge in [-0.2, -0.15) is 4.31 Å². The Labute approximate surface area is 153 Å². The van der Waals surface area contributed by atoms with Crippen molar-refractivity contribution in [2.45, 2.75) is 37.5 Å². The van der Waals surface area contributed by atoms with Gasteiger partial charge in [0, 0.05) is 32.1 Å². The average molecular weight is 386 g/mol. The zero-order chi connectivity index (χ0) is 18.9. The summed E-state index contributed by atoms with van der Waals surface area (Å²) in [5.74, 6) is -1.68. The van der Waals surface area contributed by atoms with Gasteiger partial charge in [-0.15, -0.1) is 0 Å². The second-order valence-electron chi connectivity index (χ2n) is 7.26. The fourth-order valence-electron chi connectivity index (χ4n) is 3.62. The number of amides is 1. The molecule has 1 aromatic carbocycles. The summed E-state index contributed by atoms with van der Waals surface area (Å²) in [6.07, 6.45) is 2.92. The summed E-state index contributed by atoms with van der Waals surface area (Å²) in [4.78, 5) is 14.3. The number of benzene rings is 1. The second kappa shape index (κ2) is 7.60. The minimum absolute atomic E-state index is 0.113. The van der Waals surface area contributed by atoms with Crippen LogP contribution in [0.4, 0.5) is 8.78 Å². The first-order valence-electron chi connectivity index (χ1n) is 9.03. The molecule has 2 saturated heterocycles. The molecule has 144 valence electrons. The van der Waals surface area contributed by atoms with Gasteiger partial charge in [0.15, 0.2) is 11.6 Å². The number of likely N-dealkylation sites (tertiary alicyclic amines) is 1. The number of nitrogens with zero attached hydrogens (tertiary/aromatic N) is 2. The molecule has 0 saturated carbocycles. The molecular weight excluding hydrogens is 362 g/mol. The van der Waals surface area contributed by atoms with Gasteiger partial charge in [-0.05, 0) is 49.8 Å². The summed E-state index contributed by atoms with van der Waals surface area (Å²) in [6.45, 7) is 4.15. The van der Waals surface area contributed by atoms with E-state index in [4.69, 9.17) is 0 Å². The second-order valence-corrected chi connectivity index (χ2v) is 9.20. The van der Waals surface area contributed by atoms with Crippen LogP contribution in [0, 0.1) is 23.5 Å². The molecule has 3 rings (SSSR count). The lowest BCUT2D eigenvalue weighted by Crippen LogP contribution is -2.46. The summed E-state index contributed by atoms with van der Waals surface area (Å²) in [7, 11) is -3.88. The van der Waals surface area contributed by atoms with E-state index in [1.54, 1.807) is 0 Å². The maximum Gasteiger partial charge on any atom is 0.243 e. The molecule has 0 N–H and O–H groups in total. The Balaban J connectivity index is 1.62. The lowest BCUT2D eigenvalue weighted by Gasteiger charge is -2.36. The number of sulfonamides is 1. The first-order chi connectivity index (χ1) is 12.3. The zero-order valence-corrected chi connectivity index (χ0v) is 15.6. The Morgan fingerprint density at radius 2 is 1.62 bits per heavy atom. The lowest BCUT2D eigenvalue weighted by molar-refractivity contribution is -0.138. The van der Waals surface area contributed by atoms with Gasteiger partial charge in [0.1, 0.15) is 0 Å². The summed E-state index contributed by atoms with van der Waals surface area (Å²) >= 11 is 0. The maximum atomic E-state index is 13.4. The van der Waals surface area contributed by atoms with E-state index in [-0.39, 0.29) is 29.8 Å². The molecule has 2 fully saturated rings. The summed E-state index contributed by atoms with van der Waals surface area (Å²) in [6, 6.07) is 2.59. The Kier molecular flexibility index (Phi) is 5.62. The SMILES string of the molecule is CC1CCN(C(=O)C2CCN(S(=O)(=O)c3ccc(F)c(F)c3)CC2)CC1. The van der Waals surface area contributed by atoms with Gasteiger partial charge in [-0.1, -0.05) is 6.92 Å². The van der Waals surface area contributed by atoms with Crippen LogP contribution in [-0.4, -0.2) is 49.7 Å². The Morgan fingerprint density at radius 3 is 2.19 bits per heavy atom. The molecule has 1 aromatic rings. The van der Waals surface area contributed by atoms with Gasteiger partial charge in [0.25, 0.3) is 0 Å². The van der Waals surface area contributed by atoms with Crippen molar-refractivity contribution in [3.63, 3.8) is 0 Å². The van der Waals surface area contributed by atoms with Gasteiger partial charge in [0.2, 0.25) is 15.9 Å². The summed E-state index contributed by atoms with van der Waals surface area (Å²) in [5.41, 5.74) is 0. The number of carbonyl (C=O) groups is 1. The normalized spacial score (nSPS) is 21.1. The number of carbonyl (C=O) groups excluding carboxylic acids is 1. The Hall–Kier alpha value is -1.54. The standard InChI is InChI=1S/C18H24F2N2O3S/c1-13-4-8-21(9-5-13)18(23)14-6-10-22(11-7-14)26(24,25)15-2-3-16(19)17(20)12-15/h2-3,12-14H,4-11H2,1H3. The molecule has 2 aliphatic heterocycles. The van der Waals surface area contributed by atoms with Crippen LogP contribution in [0.15, 0.2) is 23.1 Å². The fraction of sp³-hybridized carbons (Fsp3) is 0.611. The van der Waals surface area contributed by atoms with Gasteiger partial charge in [-0.25, -0.2) is 17.2 Å². The van der Waals surface area contributed by atoms with Crippen molar-refractivity contribution in [3.05, 3.63) is 29.8 Å². The molecule has 0 atom stereocenters. The fourth-order valence-corrected chi connectivity index (χ4v) is 5.10. The largest absolute Gasteiger partial charge is 0.342 e. The van der Waals surface area contributed by atoms with Crippen LogP contribution in [0.3, 0.4) is 0 Å². The van der Waals surface area contributed by atoms with Gasteiger partial charge >= 0.3 is 0 Å². The van der Waals surface area contributed by atoms with Crippen LogP contribution in [-0.2, 0) is 14.8 Å². The van der Waals surface area contributed by atoms with Crippen molar-refractivity contribution in [2.24, 2.45) is 11.8 Å². The molecule has 0 aromatic heterocycles. The van der Waals surface area contributed by atoms with E-state index < -0.39 is 21.7 Å². The van der Waals surface area contributed by atoms with Gasteiger partial charge in [0.05, 0.1) is 4.90 Å². The molecule has 2 heterocycles. The first kappa shape index (κ1) is 19.2. The van der Waals surface area contributed by atoms with Crippen LogP contribution >= 0.6 is 0 Å². The van der Waals surface area contributed by atoms with Gasteiger partial charge < -0.3 is 4.90 Å². The van der Waals surface area contributed by atoms with E-state index in [9.17, 15) is 22.0 Å². The van der Waals surface area contributed by atoms with Crippen molar-refractivity contribution in [3.8, 4) is 0 Å². The van der Waals surface area contributed by atoms with Crippen molar-refractivity contribution >= 4 is 15.9 Å². The minimum atomic E-state index is -3.88. The number of hydrogen-bond acceptors (Lipinski definition) is 3. The molecule has 2 aliphatic rings. The van der Waals surface area contributed by atoms with Crippen LogP contribution in [0.5, 0.6) is 0 Å². The quantitative estimate of drug-likeness (QED) is 0.802. The first-order valence-corrected chi connectivity index (χ1v) is 10.5. The predicted octanol–water partition coefficient (Wildman–Crippen LogP) is 2.62. The topological polar surface area (TPSA) is 57.7 Å². The highest BCUT2D eigenvalue weighted by molar-refractivity contribution is 7.89. The third kappa shape index (κ3) is 3.91. The highest BCUT2D eigenvalue weighted by Crippen LogP contribution is 2.27. The number of piperidine rings is 2. The Morgan fingerprint density at radius 1 is 1.00 bits per heavy atom. The molecule has 0 radical (unpaired) electrons. The number of halogens is 2. The van der Waals surface area contributed by atoms with Gasteiger partial charge in [-0.3, -0.25) is 4.79 Å². The molecule has 0 unspecified atom stereocenters. The van der Waals surface area contributed by atoms with Crippen molar-refractivity contribution < 1.29 is 22.0 Å². The lowest BCUT2D eigenvalue weighted by atomic mass is 9.93. The molecule has 0 aliphatic carbocycles. The zero-order valence-electron chi connectivity index (χ0n) is 14.8. The van der Waals surface area contributed by atoms with E-state index in [2.05, 4.69) is 6.92 Å². The third-order valence-corrected chi connectivity index (χ3v) is 7.32. The number of rotatable bonds is 3. The van der Waals surface area contributed by atoms with Crippen LogP contribution < -0.4 is 0 Å². The summed E-state index contributed by atoms with van der Waals surface area (Å²) < 4.78 is 52.9. The molecule has 0 spiro atoms. The molecular formula is C18H24F2N2O3S. The van der Waals surface area contributed by atoms with Crippen LogP contribution in [0.1, 0.15) is 32.6 Å². The third-order valence-electron chi connectivity index (χ3n) is 5.43. The molecule has 0 bridgehead atoms.